The quantitative estimate of drug-likeness (QED) is 0.779. The van der Waals surface area contributed by atoms with Crippen LogP contribution in [0.1, 0.15) is 22.3 Å². The molecule has 0 aliphatic carbocycles. The van der Waals surface area contributed by atoms with Crippen molar-refractivity contribution in [3.05, 3.63) is 29.3 Å². The van der Waals surface area contributed by atoms with Crippen molar-refractivity contribution in [1.82, 2.24) is 10.6 Å². The van der Waals surface area contributed by atoms with Crippen LogP contribution in [-0.2, 0) is 4.79 Å². The monoisotopic (exact) mass is 343 g/mol. The Balaban J connectivity index is 0.00000242. The maximum atomic E-state index is 12.1. The third kappa shape index (κ3) is 5.19. The fourth-order valence-electron chi connectivity index (χ4n) is 2.22. The van der Waals surface area contributed by atoms with Crippen LogP contribution in [0.25, 0.3) is 0 Å². The molecule has 1 atom stereocenters. The topological polar surface area (TPSA) is 70.2 Å². The molecular formula is C15H22ClN3O2S. The van der Waals surface area contributed by atoms with Crippen molar-refractivity contribution in [2.24, 2.45) is 0 Å². The average Bonchev–Trinajstić information content (AvgIpc) is 2.49. The molecule has 2 amide bonds. The van der Waals surface area contributed by atoms with E-state index in [0.29, 0.717) is 17.7 Å². The lowest BCUT2D eigenvalue weighted by Gasteiger charge is -2.22. The van der Waals surface area contributed by atoms with E-state index in [1.807, 2.05) is 24.8 Å². The lowest BCUT2D eigenvalue weighted by molar-refractivity contribution is -0.116. The van der Waals surface area contributed by atoms with Crippen LogP contribution in [0.4, 0.5) is 5.69 Å². The molecule has 1 aliphatic heterocycles. The SMILES string of the molecule is CNC(=O)c1ccc(C)c(NC(=O)CC2CSCCN2)c1.Cl. The van der Waals surface area contributed by atoms with Crippen molar-refractivity contribution in [3.63, 3.8) is 0 Å². The minimum Gasteiger partial charge on any atom is -0.355 e. The van der Waals surface area contributed by atoms with Crippen molar-refractivity contribution in [3.8, 4) is 0 Å². The molecule has 0 saturated carbocycles. The van der Waals surface area contributed by atoms with Gasteiger partial charge in [0.1, 0.15) is 0 Å². The van der Waals surface area contributed by atoms with E-state index in [1.165, 1.54) is 0 Å². The van der Waals surface area contributed by atoms with Gasteiger partial charge in [-0.1, -0.05) is 6.07 Å². The Labute approximate surface area is 141 Å². The molecule has 1 aromatic rings. The van der Waals surface area contributed by atoms with E-state index in [-0.39, 0.29) is 30.3 Å². The Kier molecular flexibility index (Phi) is 7.72. The van der Waals surface area contributed by atoms with Crippen LogP contribution >= 0.6 is 24.2 Å². The van der Waals surface area contributed by atoms with Crippen LogP contribution in [-0.4, -0.2) is 43.0 Å². The normalized spacial score (nSPS) is 17.3. The maximum absolute atomic E-state index is 12.1. The molecule has 5 nitrogen and oxygen atoms in total. The van der Waals surface area contributed by atoms with E-state index >= 15 is 0 Å². The Morgan fingerprint density at radius 1 is 1.41 bits per heavy atom. The standard InChI is InChI=1S/C15H21N3O2S.ClH/c1-10-3-4-11(15(20)16-2)7-13(10)18-14(19)8-12-9-21-6-5-17-12;/h3-4,7,12,17H,5-6,8-9H2,1-2H3,(H,16,20)(H,18,19);1H. The molecule has 0 spiro atoms. The van der Waals surface area contributed by atoms with Crippen molar-refractivity contribution in [1.29, 1.82) is 0 Å². The van der Waals surface area contributed by atoms with Crippen LogP contribution in [0.15, 0.2) is 18.2 Å². The van der Waals surface area contributed by atoms with Gasteiger partial charge in [0.25, 0.3) is 5.91 Å². The Hall–Kier alpha value is -1.24. The first-order valence-electron chi connectivity index (χ1n) is 7.04. The first-order chi connectivity index (χ1) is 10.1. The molecule has 1 unspecified atom stereocenters. The fraction of sp³-hybridized carbons (Fsp3) is 0.467. The van der Waals surface area contributed by atoms with Crippen molar-refractivity contribution in [2.45, 2.75) is 19.4 Å². The van der Waals surface area contributed by atoms with Crippen LogP contribution in [0.5, 0.6) is 0 Å². The van der Waals surface area contributed by atoms with E-state index in [9.17, 15) is 9.59 Å². The third-order valence-electron chi connectivity index (χ3n) is 3.43. The number of halogens is 1. The molecule has 1 aliphatic rings. The van der Waals surface area contributed by atoms with Crippen LogP contribution < -0.4 is 16.0 Å². The summed E-state index contributed by atoms with van der Waals surface area (Å²) in [5.74, 6) is 1.89. The predicted octanol–water partition coefficient (Wildman–Crippen LogP) is 1.81. The number of hydrogen-bond acceptors (Lipinski definition) is 4. The summed E-state index contributed by atoms with van der Waals surface area (Å²) < 4.78 is 0. The van der Waals surface area contributed by atoms with E-state index in [2.05, 4.69) is 16.0 Å². The number of hydrogen-bond donors (Lipinski definition) is 3. The number of anilines is 1. The number of nitrogens with one attached hydrogen (secondary N) is 3. The molecule has 0 bridgehead atoms. The molecule has 3 N–H and O–H groups in total. The van der Waals surface area contributed by atoms with Gasteiger partial charge in [0.05, 0.1) is 0 Å². The van der Waals surface area contributed by atoms with Gasteiger partial charge >= 0.3 is 0 Å². The predicted molar refractivity (Wildman–Crippen MR) is 94.2 cm³/mol. The van der Waals surface area contributed by atoms with Crippen molar-refractivity contribution < 1.29 is 9.59 Å². The summed E-state index contributed by atoms with van der Waals surface area (Å²) >= 11 is 1.87. The first-order valence-corrected chi connectivity index (χ1v) is 8.19. The maximum Gasteiger partial charge on any atom is 0.251 e. The molecule has 122 valence electrons. The summed E-state index contributed by atoms with van der Waals surface area (Å²) in [5.41, 5.74) is 2.19. The smallest absolute Gasteiger partial charge is 0.251 e. The van der Waals surface area contributed by atoms with E-state index in [0.717, 1.165) is 23.6 Å². The van der Waals surface area contributed by atoms with Crippen molar-refractivity contribution in [2.75, 3.05) is 30.4 Å². The Bertz CT molecular complexity index is 534. The molecule has 0 radical (unpaired) electrons. The minimum absolute atomic E-state index is 0. The Morgan fingerprint density at radius 2 is 2.18 bits per heavy atom. The van der Waals surface area contributed by atoms with Crippen molar-refractivity contribution >= 4 is 41.7 Å². The second-order valence-electron chi connectivity index (χ2n) is 5.09. The summed E-state index contributed by atoms with van der Waals surface area (Å²) in [7, 11) is 1.59. The van der Waals surface area contributed by atoms with E-state index < -0.39 is 0 Å². The molecule has 2 rings (SSSR count). The summed E-state index contributed by atoms with van der Waals surface area (Å²) in [6, 6.07) is 5.54. The van der Waals surface area contributed by atoms with Crippen LogP contribution in [0, 0.1) is 6.92 Å². The number of carbonyl (C=O) groups excluding carboxylic acids is 2. The number of benzene rings is 1. The van der Waals surface area contributed by atoms with Gasteiger partial charge in [0, 0.05) is 48.8 Å². The largest absolute Gasteiger partial charge is 0.355 e. The molecule has 1 heterocycles. The molecular weight excluding hydrogens is 322 g/mol. The second kappa shape index (κ2) is 9.02. The Morgan fingerprint density at radius 3 is 2.82 bits per heavy atom. The molecule has 1 aromatic carbocycles. The van der Waals surface area contributed by atoms with Gasteiger partial charge < -0.3 is 16.0 Å². The summed E-state index contributed by atoms with van der Waals surface area (Å²) in [6.07, 6.45) is 0.455. The van der Waals surface area contributed by atoms with E-state index in [1.54, 1.807) is 19.2 Å². The van der Waals surface area contributed by atoms with E-state index in [4.69, 9.17) is 0 Å². The highest BCUT2D eigenvalue weighted by Crippen LogP contribution is 2.18. The lowest BCUT2D eigenvalue weighted by Crippen LogP contribution is -2.40. The average molecular weight is 344 g/mol. The summed E-state index contributed by atoms with van der Waals surface area (Å²) in [6.45, 7) is 2.87. The fourth-order valence-corrected chi connectivity index (χ4v) is 3.17. The molecule has 7 heteroatoms. The van der Waals surface area contributed by atoms with Gasteiger partial charge in [-0.3, -0.25) is 9.59 Å². The number of aryl methyl sites for hydroxylation is 1. The highest BCUT2D eigenvalue weighted by Gasteiger charge is 2.17. The highest BCUT2D eigenvalue weighted by atomic mass is 35.5. The molecule has 1 fully saturated rings. The third-order valence-corrected chi connectivity index (χ3v) is 4.56. The molecule has 1 saturated heterocycles. The second-order valence-corrected chi connectivity index (χ2v) is 6.24. The van der Waals surface area contributed by atoms with Crippen LogP contribution in [0.3, 0.4) is 0 Å². The number of amides is 2. The first kappa shape index (κ1) is 18.8. The van der Waals surface area contributed by atoms with Gasteiger partial charge in [0.15, 0.2) is 0 Å². The molecule has 22 heavy (non-hydrogen) atoms. The minimum atomic E-state index is -0.157. The van der Waals surface area contributed by atoms with Gasteiger partial charge in [-0.05, 0) is 24.6 Å². The van der Waals surface area contributed by atoms with Gasteiger partial charge in [-0.25, -0.2) is 0 Å². The zero-order valence-corrected chi connectivity index (χ0v) is 14.4. The zero-order valence-electron chi connectivity index (χ0n) is 12.8. The van der Waals surface area contributed by atoms with Gasteiger partial charge in [-0.15, -0.1) is 12.4 Å². The summed E-state index contributed by atoms with van der Waals surface area (Å²) in [5, 5.41) is 8.83. The number of rotatable bonds is 4. The summed E-state index contributed by atoms with van der Waals surface area (Å²) in [4.78, 5) is 23.8. The lowest BCUT2D eigenvalue weighted by atomic mass is 10.1. The highest BCUT2D eigenvalue weighted by molar-refractivity contribution is 7.99. The van der Waals surface area contributed by atoms with Crippen LogP contribution in [0.2, 0.25) is 0 Å². The number of carbonyl (C=O) groups is 2. The van der Waals surface area contributed by atoms with Gasteiger partial charge in [0.2, 0.25) is 5.91 Å². The number of thioether (sulfide) groups is 1. The zero-order chi connectivity index (χ0) is 15.2. The molecule has 0 aromatic heterocycles. The van der Waals surface area contributed by atoms with Gasteiger partial charge in [-0.2, -0.15) is 11.8 Å².